The van der Waals surface area contributed by atoms with Crippen molar-refractivity contribution in [1.29, 1.82) is 0 Å². The minimum absolute atomic E-state index is 0.146. The fraction of sp³-hybridized carbons (Fsp3) is 0.222. The highest BCUT2D eigenvalue weighted by Gasteiger charge is 2.10. The molecule has 2 aromatic heterocycles. The highest BCUT2D eigenvalue weighted by molar-refractivity contribution is 5.24. The van der Waals surface area contributed by atoms with Crippen LogP contribution in [-0.4, -0.2) is 9.78 Å². The van der Waals surface area contributed by atoms with E-state index in [-0.39, 0.29) is 6.04 Å². The molecule has 0 aliphatic carbocycles. The molecule has 2 N–H and O–H groups in total. The Bertz CT molecular complexity index is 377. The van der Waals surface area contributed by atoms with E-state index in [2.05, 4.69) is 5.10 Å². The Morgan fingerprint density at radius 1 is 1.54 bits per heavy atom. The quantitative estimate of drug-likeness (QED) is 0.746. The maximum atomic E-state index is 5.96. The van der Waals surface area contributed by atoms with Crippen LogP contribution in [0.15, 0.2) is 35.4 Å². The first-order valence-corrected chi connectivity index (χ1v) is 4.03. The number of aryl methyl sites for hydroxylation is 1. The van der Waals surface area contributed by atoms with Crippen molar-refractivity contribution in [2.24, 2.45) is 12.8 Å². The molecule has 13 heavy (non-hydrogen) atoms. The van der Waals surface area contributed by atoms with E-state index in [9.17, 15) is 0 Å². The van der Waals surface area contributed by atoms with Crippen molar-refractivity contribution >= 4 is 0 Å². The van der Waals surface area contributed by atoms with Gasteiger partial charge < -0.3 is 10.2 Å². The third kappa shape index (κ3) is 1.48. The van der Waals surface area contributed by atoms with Crippen LogP contribution in [0.4, 0.5) is 0 Å². The van der Waals surface area contributed by atoms with Crippen LogP contribution >= 0.6 is 0 Å². The Morgan fingerprint density at radius 3 is 2.92 bits per heavy atom. The molecular weight excluding hydrogens is 166 g/mol. The Kier molecular flexibility index (Phi) is 1.90. The number of furan rings is 1. The van der Waals surface area contributed by atoms with Crippen molar-refractivity contribution < 1.29 is 4.42 Å². The SMILES string of the molecule is Cn1cc(C(N)c2ccoc2)cn1. The number of aromatic nitrogens is 2. The molecule has 0 aliphatic rings. The molecule has 4 nitrogen and oxygen atoms in total. The summed E-state index contributed by atoms with van der Waals surface area (Å²) in [6, 6.07) is 1.71. The van der Waals surface area contributed by atoms with Gasteiger partial charge in [0.2, 0.25) is 0 Å². The monoisotopic (exact) mass is 177 g/mol. The van der Waals surface area contributed by atoms with E-state index in [1.807, 2.05) is 19.3 Å². The van der Waals surface area contributed by atoms with E-state index in [0.717, 1.165) is 11.1 Å². The summed E-state index contributed by atoms with van der Waals surface area (Å²) in [6.45, 7) is 0. The van der Waals surface area contributed by atoms with Crippen LogP contribution < -0.4 is 5.73 Å². The fourth-order valence-corrected chi connectivity index (χ4v) is 1.25. The topological polar surface area (TPSA) is 57.0 Å². The lowest BCUT2D eigenvalue weighted by atomic mass is 10.1. The molecule has 2 heterocycles. The summed E-state index contributed by atoms with van der Waals surface area (Å²) in [7, 11) is 1.87. The van der Waals surface area contributed by atoms with Gasteiger partial charge in [0.1, 0.15) is 0 Å². The molecule has 0 bridgehead atoms. The summed E-state index contributed by atoms with van der Waals surface area (Å²) >= 11 is 0. The molecule has 1 atom stereocenters. The van der Waals surface area contributed by atoms with Gasteiger partial charge in [-0.3, -0.25) is 4.68 Å². The summed E-state index contributed by atoms with van der Waals surface area (Å²) in [5, 5.41) is 4.05. The zero-order valence-corrected chi connectivity index (χ0v) is 7.34. The number of nitrogens with two attached hydrogens (primary N) is 1. The minimum Gasteiger partial charge on any atom is -0.472 e. The minimum atomic E-state index is -0.146. The predicted octanol–water partition coefficient (Wildman–Crippen LogP) is 1.06. The maximum absolute atomic E-state index is 5.96. The van der Waals surface area contributed by atoms with E-state index >= 15 is 0 Å². The summed E-state index contributed by atoms with van der Waals surface area (Å²) in [5.74, 6) is 0. The molecular formula is C9H11N3O. The van der Waals surface area contributed by atoms with Crippen molar-refractivity contribution in [2.75, 3.05) is 0 Å². The molecule has 0 saturated carbocycles. The normalized spacial score (nSPS) is 13.1. The van der Waals surface area contributed by atoms with Crippen LogP contribution in [0, 0.1) is 0 Å². The molecule has 2 rings (SSSR count). The summed E-state index contributed by atoms with van der Waals surface area (Å²) in [5.41, 5.74) is 7.92. The molecule has 0 fully saturated rings. The van der Waals surface area contributed by atoms with Crippen molar-refractivity contribution in [2.45, 2.75) is 6.04 Å². The fourth-order valence-electron chi connectivity index (χ4n) is 1.25. The van der Waals surface area contributed by atoms with E-state index in [0.29, 0.717) is 0 Å². The lowest BCUT2D eigenvalue weighted by Crippen LogP contribution is -2.09. The second-order valence-electron chi connectivity index (χ2n) is 2.98. The summed E-state index contributed by atoms with van der Waals surface area (Å²) in [4.78, 5) is 0. The molecule has 0 saturated heterocycles. The van der Waals surface area contributed by atoms with E-state index in [1.165, 1.54) is 0 Å². The highest BCUT2D eigenvalue weighted by atomic mass is 16.3. The van der Waals surface area contributed by atoms with Gasteiger partial charge in [-0.1, -0.05) is 0 Å². The largest absolute Gasteiger partial charge is 0.472 e. The maximum Gasteiger partial charge on any atom is 0.0953 e. The smallest absolute Gasteiger partial charge is 0.0953 e. The molecule has 0 aliphatic heterocycles. The Morgan fingerprint density at radius 2 is 2.38 bits per heavy atom. The van der Waals surface area contributed by atoms with Crippen molar-refractivity contribution in [3.05, 3.63) is 42.1 Å². The van der Waals surface area contributed by atoms with Gasteiger partial charge in [-0.25, -0.2) is 0 Å². The van der Waals surface area contributed by atoms with Gasteiger partial charge in [-0.15, -0.1) is 0 Å². The first kappa shape index (κ1) is 8.07. The number of hydrogen-bond donors (Lipinski definition) is 1. The Hall–Kier alpha value is -1.55. The van der Waals surface area contributed by atoms with Gasteiger partial charge in [-0.2, -0.15) is 5.10 Å². The van der Waals surface area contributed by atoms with Crippen molar-refractivity contribution in [3.8, 4) is 0 Å². The molecule has 2 aromatic rings. The second-order valence-corrected chi connectivity index (χ2v) is 2.98. The van der Waals surface area contributed by atoms with Crippen LogP contribution in [0.2, 0.25) is 0 Å². The van der Waals surface area contributed by atoms with Gasteiger partial charge in [0.15, 0.2) is 0 Å². The van der Waals surface area contributed by atoms with Crippen LogP contribution in [-0.2, 0) is 7.05 Å². The lowest BCUT2D eigenvalue weighted by molar-refractivity contribution is 0.562. The predicted molar refractivity (Wildman–Crippen MR) is 47.9 cm³/mol. The van der Waals surface area contributed by atoms with Gasteiger partial charge in [0.25, 0.3) is 0 Å². The summed E-state index contributed by atoms with van der Waals surface area (Å²) < 4.78 is 6.69. The first-order chi connectivity index (χ1) is 6.27. The zero-order chi connectivity index (χ0) is 9.26. The Balaban J connectivity index is 2.28. The molecule has 0 amide bonds. The summed E-state index contributed by atoms with van der Waals surface area (Å²) in [6.07, 6.45) is 6.93. The molecule has 0 aromatic carbocycles. The van der Waals surface area contributed by atoms with Crippen molar-refractivity contribution in [1.82, 2.24) is 9.78 Å². The van der Waals surface area contributed by atoms with E-state index in [1.54, 1.807) is 23.4 Å². The molecule has 1 unspecified atom stereocenters. The van der Waals surface area contributed by atoms with Crippen molar-refractivity contribution in [3.63, 3.8) is 0 Å². The third-order valence-electron chi connectivity index (χ3n) is 1.99. The van der Waals surface area contributed by atoms with Gasteiger partial charge in [-0.05, 0) is 6.07 Å². The molecule has 0 radical (unpaired) electrons. The molecule has 0 spiro atoms. The highest BCUT2D eigenvalue weighted by Crippen LogP contribution is 2.18. The first-order valence-electron chi connectivity index (χ1n) is 4.03. The standard InChI is InChI=1S/C9H11N3O/c1-12-5-8(4-11-12)9(10)7-2-3-13-6-7/h2-6,9H,10H2,1H3. The molecule has 4 heteroatoms. The lowest BCUT2D eigenvalue weighted by Gasteiger charge is -2.04. The Labute approximate surface area is 76.0 Å². The average molecular weight is 177 g/mol. The van der Waals surface area contributed by atoms with Crippen LogP contribution in [0.25, 0.3) is 0 Å². The van der Waals surface area contributed by atoms with Crippen LogP contribution in [0.5, 0.6) is 0 Å². The average Bonchev–Trinajstić information content (AvgIpc) is 2.72. The van der Waals surface area contributed by atoms with Gasteiger partial charge >= 0.3 is 0 Å². The molecule has 68 valence electrons. The van der Waals surface area contributed by atoms with Gasteiger partial charge in [0.05, 0.1) is 24.8 Å². The van der Waals surface area contributed by atoms with Crippen LogP contribution in [0.3, 0.4) is 0 Å². The number of nitrogens with zero attached hydrogens (tertiary/aromatic N) is 2. The van der Waals surface area contributed by atoms with E-state index < -0.39 is 0 Å². The second kappa shape index (κ2) is 3.06. The van der Waals surface area contributed by atoms with Crippen LogP contribution in [0.1, 0.15) is 17.2 Å². The van der Waals surface area contributed by atoms with E-state index in [4.69, 9.17) is 10.2 Å². The number of rotatable bonds is 2. The third-order valence-corrected chi connectivity index (χ3v) is 1.99. The zero-order valence-electron chi connectivity index (χ0n) is 7.34. The number of hydrogen-bond acceptors (Lipinski definition) is 3. The van der Waals surface area contributed by atoms with Gasteiger partial charge in [0, 0.05) is 24.4 Å².